The predicted molar refractivity (Wildman–Crippen MR) is 166 cm³/mol. The number of carbonyl (C=O) groups excluding carboxylic acids is 3. The summed E-state index contributed by atoms with van der Waals surface area (Å²) in [6, 6.07) is 24.8. The summed E-state index contributed by atoms with van der Waals surface area (Å²) in [5.41, 5.74) is 0.868. The van der Waals surface area contributed by atoms with Crippen LogP contribution in [0.3, 0.4) is 0 Å². The zero-order chi connectivity index (χ0) is 30.9. The molecule has 11 heteroatoms. The van der Waals surface area contributed by atoms with Gasteiger partial charge in [-0.15, -0.1) is 11.8 Å². The average molecular weight is 618 g/mol. The third-order valence-corrected chi connectivity index (χ3v) is 7.44. The Morgan fingerprint density at radius 1 is 0.860 bits per heavy atom. The van der Waals surface area contributed by atoms with Gasteiger partial charge in [0, 0.05) is 21.7 Å². The normalized spacial score (nSPS) is 11.7. The molecule has 43 heavy (non-hydrogen) atoms. The van der Waals surface area contributed by atoms with E-state index in [-0.39, 0.29) is 33.4 Å². The third-order valence-electron chi connectivity index (χ3n) is 6.00. The zero-order valence-electron chi connectivity index (χ0n) is 22.6. The van der Waals surface area contributed by atoms with Gasteiger partial charge in [0.2, 0.25) is 5.91 Å². The van der Waals surface area contributed by atoms with Crippen LogP contribution in [0, 0.1) is 5.82 Å². The Morgan fingerprint density at radius 2 is 1.53 bits per heavy atom. The number of carboxylic acids is 1. The summed E-state index contributed by atoms with van der Waals surface area (Å²) in [5, 5.41) is 16.7. The Labute approximate surface area is 256 Å². The van der Waals surface area contributed by atoms with E-state index in [0.717, 1.165) is 0 Å². The van der Waals surface area contributed by atoms with Crippen molar-refractivity contribution in [3.05, 3.63) is 130 Å². The largest absolute Gasteiger partial charge is 0.478 e. The first-order valence-electron chi connectivity index (χ1n) is 12.8. The monoisotopic (exact) mass is 617 g/mol. The molecule has 218 valence electrons. The molecule has 0 spiro atoms. The van der Waals surface area contributed by atoms with Gasteiger partial charge in [0.1, 0.15) is 11.5 Å². The molecule has 4 aromatic carbocycles. The van der Waals surface area contributed by atoms with E-state index in [9.17, 15) is 28.7 Å². The van der Waals surface area contributed by atoms with Crippen molar-refractivity contribution in [2.75, 3.05) is 10.6 Å². The van der Waals surface area contributed by atoms with Crippen LogP contribution in [0.25, 0.3) is 6.08 Å². The Bertz CT molecular complexity index is 1700. The lowest BCUT2D eigenvalue weighted by atomic mass is 10.1. The highest BCUT2D eigenvalue weighted by atomic mass is 35.5. The van der Waals surface area contributed by atoms with Crippen LogP contribution in [0.4, 0.5) is 15.8 Å². The number of carboxylic acid groups (broad SMARTS) is 1. The van der Waals surface area contributed by atoms with Gasteiger partial charge in [-0.1, -0.05) is 48.0 Å². The smallest absolute Gasteiger partial charge is 0.335 e. The number of aromatic carboxylic acids is 1. The Balaban J connectivity index is 1.43. The quantitative estimate of drug-likeness (QED) is 0.116. The van der Waals surface area contributed by atoms with Crippen LogP contribution in [0.2, 0.25) is 5.02 Å². The summed E-state index contributed by atoms with van der Waals surface area (Å²) in [7, 11) is 0. The zero-order valence-corrected chi connectivity index (χ0v) is 24.2. The van der Waals surface area contributed by atoms with E-state index >= 15 is 0 Å². The van der Waals surface area contributed by atoms with Crippen LogP contribution in [-0.2, 0) is 9.59 Å². The maximum Gasteiger partial charge on any atom is 0.335 e. The molecule has 0 heterocycles. The second-order valence-electron chi connectivity index (χ2n) is 9.13. The molecule has 8 nitrogen and oxygen atoms in total. The molecule has 0 aliphatic carbocycles. The van der Waals surface area contributed by atoms with Crippen LogP contribution < -0.4 is 16.0 Å². The summed E-state index contributed by atoms with van der Waals surface area (Å²) in [5.74, 6) is -3.29. The molecule has 0 aliphatic heterocycles. The molecule has 1 atom stereocenters. The van der Waals surface area contributed by atoms with Crippen molar-refractivity contribution in [3.63, 3.8) is 0 Å². The van der Waals surface area contributed by atoms with Gasteiger partial charge in [0.05, 0.1) is 21.5 Å². The van der Waals surface area contributed by atoms with Gasteiger partial charge in [-0.3, -0.25) is 14.4 Å². The first-order valence-corrected chi connectivity index (χ1v) is 14.1. The molecular formula is C32H25ClFN3O5S. The fourth-order valence-corrected chi connectivity index (χ4v) is 4.78. The van der Waals surface area contributed by atoms with Gasteiger partial charge in [-0.2, -0.15) is 0 Å². The average Bonchev–Trinajstić information content (AvgIpc) is 3.00. The number of hydrogen-bond donors (Lipinski definition) is 4. The van der Waals surface area contributed by atoms with Crippen LogP contribution in [0.5, 0.6) is 0 Å². The molecule has 0 radical (unpaired) electrons. The SMILES string of the molecule is CC(Sc1ccc(NC(=O)/C(=C/c2ccccc2F)NC(=O)c2ccccc2)cc1)C(=O)Nc1cc(C(=O)O)ccc1Cl. The predicted octanol–water partition coefficient (Wildman–Crippen LogP) is 6.71. The van der Waals surface area contributed by atoms with E-state index in [1.807, 2.05) is 0 Å². The number of carbonyl (C=O) groups is 4. The lowest BCUT2D eigenvalue weighted by Gasteiger charge is -2.14. The number of halogens is 2. The van der Waals surface area contributed by atoms with Crippen LogP contribution >= 0.6 is 23.4 Å². The van der Waals surface area contributed by atoms with E-state index in [4.69, 9.17) is 11.6 Å². The summed E-state index contributed by atoms with van der Waals surface area (Å²) in [4.78, 5) is 50.7. The third kappa shape index (κ3) is 8.54. The van der Waals surface area contributed by atoms with E-state index in [1.165, 1.54) is 54.2 Å². The summed E-state index contributed by atoms with van der Waals surface area (Å²) in [6.07, 6.45) is 1.26. The van der Waals surface area contributed by atoms with Crippen molar-refractivity contribution in [2.45, 2.75) is 17.1 Å². The minimum absolute atomic E-state index is 0.0100. The molecule has 0 fully saturated rings. The highest BCUT2D eigenvalue weighted by Gasteiger charge is 2.18. The molecule has 0 aromatic heterocycles. The lowest BCUT2D eigenvalue weighted by Crippen LogP contribution is -2.30. The molecular weight excluding hydrogens is 593 g/mol. The molecule has 0 aliphatic rings. The maximum absolute atomic E-state index is 14.3. The number of amides is 3. The lowest BCUT2D eigenvalue weighted by molar-refractivity contribution is -0.115. The molecule has 4 aromatic rings. The molecule has 4 rings (SSSR count). The van der Waals surface area contributed by atoms with Crippen LogP contribution in [-0.4, -0.2) is 34.0 Å². The number of benzene rings is 4. The van der Waals surface area contributed by atoms with Crippen molar-refractivity contribution in [3.8, 4) is 0 Å². The minimum atomic E-state index is -1.14. The van der Waals surface area contributed by atoms with Crippen LogP contribution in [0.15, 0.2) is 108 Å². The van der Waals surface area contributed by atoms with Gasteiger partial charge in [0.25, 0.3) is 11.8 Å². The van der Waals surface area contributed by atoms with Gasteiger partial charge in [-0.25, -0.2) is 9.18 Å². The number of nitrogens with one attached hydrogen (secondary N) is 3. The second-order valence-corrected chi connectivity index (χ2v) is 10.9. The van der Waals surface area contributed by atoms with Crippen LogP contribution in [0.1, 0.15) is 33.2 Å². The second kappa shape index (κ2) is 14.3. The molecule has 1 unspecified atom stereocenters. The molecule has 0 saturated carbocycles. The van der Waals surface area contributed by atoms with Crippen molar-refractivity contribution >= 4 is 64.5 Å². The number of hydrogen-bond acceptors (Lipinski definition) is 5. The van der Waals surface area contributed by atoms with Gasteiger partial charge in [0.15, 0.2) is 0 Å². The van der Waals surface area contributed by atoms with Crippen molar-refractivity contribution < 1.29 is 28.7 Å². The molecule has 0 saturated heterocycles. The van der Waals surface area contributed by atoms with Crippen molar-refractivity contribution in [1.82, 2.24) is 5.32 Å². The van der Waals surface area contributed by atoms with E-state index in [2.05, 4.69) is 16.0 Å². The number of anilines is 2. The minimum Gasteiger partial charge on any atom is -0.478 e. The first kappa shape index (κ1) is 31.0. The topological polar surface area (TPSA) is 125 Å². The van der Waals surface area contributed by atoms with E-state index in [0.29, 0.717) is 16.1 Å². The number of rotatable bonds is 10. The summed E-state index contributed by atoms with van der Waals surface area (Å²) >= 11 is 7.34. The fraction of sp³-hybridized carbons (Fsp3) is 0.0625. The maximum atomic E-state index is 14.3. The Kier molecular flexibility index (Phi) is 10.3. The van der Waals surface area contributed by atoms with Gasteiger partial charge < -0.3 is 21.1 Å². The summed E-state index contributed by atoms with van der Waals surface area (Å²) in [6.45, 7) is 1.68. The van der Waals surface area contributed by atoms with Crippen molar-refractivity contribution in [2.24, 2.45) is 0 Å². The fourth-order valence-electron chi connectivity index (χ4n) is 3.75. The van der Waals surface area contributed by atoms with Crippen molar-refractivity contribution in [1.29, 1.82) is 0 Å². The number of thioether (sulfide) groups is 1. The van der Waals surface area contributed by atoms with E-state index < -0.39 is 28.9 Å². The molecule has 4 N–H and O–H groups in total. The molecule has 3 amide bonds. The van der Waals surface area contributed by atoms with E-state index in [1.54, 1.807) is 67.6 Å². The Hall–Kier alpha value is -4.93. The highest BCUT2D eigenvalue weighted by molar-refractivity contribution is 8.00. The highest BCUT2D eigenvalue weighted by Crippen LogP contribution is 2.28. The van der Waals surface area contributed by atoms with Gasteiger partial charge >= 0.3 is 5.97 Å². The Morgan fingerprint density at radius 3 is 2.21 bits per heavy atom. The summed E-state index contributed by atoms with van der Waals surface area (Å²) < 4.78 is 14.3. The first-order chi connectivity index (χ1) is 20.6. The molecule has 0 bridgehead atoms. The van der Waals surface area contributed by atoms with Gasteiger partial charge in [-0.05, 0) is 73.7 Å². The standard InChI is InChI=1S/C32H25ClFN3O5S/c1-19(29(38)36-27-18-22(32(41)42)11-16-25(27)33)43-24-14-12-23(13-15-24)35-31(40)28(17-21-9-5-6-10-26(21)34)37-30(39)20-7-3-2-4-8-20/h2-19H,1H3,(H,35,40)(H,36,38)(H,37,39)(H,41,42)/b28-17-.